The van der Waals surface area contributed by atoms with Crippen LogP contribution in [0.1, 0.15) is 43.2 Å². The number of hydrogen-bond donors (Lipinski definition) is 1. The maximum atomic E-state index is 12.0. The van der Waals surface area contributed by atoms with Crippen LogP contribution in [-0.2, 0) is 16.6 Å². The highest BCUT2D eigenvalue weighted by molar-refractivity contribution is 9.10. The number of hydrogen-bond acceptors (Lipinski definition) is 3. The maximum absolute atomic E-state index is 12.0. The molecule has 0 unspecified atom stereocenters. The molecule has 0 atom stereocenters. The van der Waals surface area contributed by atoms with Crippen molar-refractivity contribution < 1.29 is 19.4 Å². The van der Waals surface area contributed by atoms with Crippen molar-refractivity contribution in [1.82, 2.24) is 0 Å². The monoisotopic (exact) mass is 354 g/mol. The van der Waals surface area contributed by atoms with Crippen molar-refractivity contribution >= 4 is 21.9 Å². The van der Waals surface area contributed by atoms with Gasteiger partial charge in [-0.3, -0.25) is 4.79 Å². The fourth-order valence-electron chi connectivity index (χ4n) is 3.56. The van der Waals surface area contributed by atoms with Crippen LogP contribution in [0.2, 0.25) is 0 Å². The number of fused-ring (bicyclic) bond motifs is 1. The average molecular weight is 355 g/mol. The van der Waals surface area contributed by atoms with Crippen molar-refractivity contribution in [1.29, 1.82) is 0 Å². The van der Waals surface area contributed by atoms with E-state index < -0.39 is 11.4 Å². The van der Waals surface area contributed by atoms with Gasteiger partial charge in [-0.15, -0.1) is 0 Å². The number of methoxy groups -OCH3 is 1. The number of carboxylic acid groups (broad SMARTS) is 1. The first-order valence-electron chi connectivity index (χ1n) is 7.36. The number of rotatable bonds is 3. The molecule has 114 valence electrons. The highest BCUT2D eigenvalue weighted by Gasteiger charge is 2.44. The number of halogens is 1. The van der Waals surface area contributed by atoms with Gasteiger partial charge in [0.1, 0.15) is 0 Å². The van der Waals surface area contributed by atoms with Gasteiger partial charge < -0.3 is 14.6 Å². The molecule has 1 saturated carbocycles. The molecular formula is C16H19BrO4. The summed E-state index contributed by atoms with van der Waals surface area (Å²) in [6.07, 6.45) is 5.17. The van der Waals surface area contributed by atoms with Gasteiger partial charge in [0.25, 0.3) is 0 Å². The Morgan fingerprint density at radius 3 is 2.71 bits per heavy atom. The number of carbonyl (C=O) groups is 1. The molecule has 0 aromatic heterocycles. The molecule has 4 nitrogen and oxygen atoms in total. The Balaban J connectivity index is 2.19. The van der Waals surface area contributed by atoms with E-state index >= 15 is 0 Å². The van der Waals surface area contributed by atoms with Gasteiger partial charge in [-0.25, -0.2) is 0 Å². The smallest absolute Gasteiger partial charge is 0.314 e. The van der Waals surface area contributed by atoms with Gasteiger partial charge in [0.05, 0.1) is 19.1 Å². The molecule has 2 aliphatic rings. The molecule has 1 N–H and O–H groups in total. The van der Waals surface area contributed by atoms with Gasteiger partial charge >= 0.3 is 5.97 Å². The summed E-state index contributed by atoms with van der Waals surface area (Å²) in [5.41, 5.74) is 1.08. The van der Waals surface area contributed by atoms with E-state index in [2.05, 4.69) is 15.9 Å². The number of ether oxygens (including phenoxy) is 2. The molecule has 3 rings (SSSR count). The molecule has 21 heavy (non-hydrogen) atoms. The number of carboxylic acids is 1. The van der Waals surface area contributed by atoms with Gasteiger partial charge in [-0.1, -0.05) is 35.2 Å². The molecule has 1 heterocycles. The van der Waals surface area contributed by atoms with E-state index in [1.54, 1.807) is 7.11 Å². The fraction of sp³-hybridized carbons (Fsp3) is 0.562. The summed E-state index contributed by atoms with van der Waals surface area (Å²) >= 11 is 3.64. The average Bonchev–Trinajstić information content (AvgIpc) is 2.98. The SMILES string of the molecule is COc1cc(C2(C(=O)O)CCCCC2)c(Br)c2c1OCC2. The van der Waals surface area contributed by atoms with Crippen LogP contribution in [0, 0.1) is 0 Å². The lowest BCUT2D eigenvalue weighted by Gasteiger charge is -2.35. The van der Waals surface area contributed by atoms with E-state index in [-0.39, 0.29) is 0 Å². The standard InChI is InChI=1S/C16H19BrO4/c1-20-12-9-11(13(17)10-5-8-21-14(10)12)16(15(18)19)6-3-2-4-7-16/h9H,2-8H2,1H3,(H,18,19). The second-order valence-electron chi connectivity index (χ2n) is 5.79. The molecule has 1 aromatic carbocycles. The van der Waals surface area contributed by atoms with Crippen LogP contribution in [0.4, 0.5) is 0 Å². The lowest BCUT2D eigenvalue weighted by molar-refractivity contribution is -0.145. The highest BCUT2D eigenvalue weighted by atomic mass is 79.9. The second kappa shape index (κ2) is 5.52. The summed E-state index contributed by atoms with van der Waals surface area (Å²) < 4.78 is 12.0. The van der Waals surface area contributed by atoms with Gasteiger partial charge in [0.2, 0.25) is 0 Å². The summed E-state index contributed by atoms with van der Waals surface area (Å²) in [6.45, 7) is 0.619. The Morgan fingerprint density at radius 2 is 2.10 bits per heavy atom. The third-order valence-corrected chi connectivity index (χ3v) is 5.63. The van der Waals surface area contributed by atoms with Crippen LogP contribution >= 0.6 is 15.9 Å². The third kappa shape index (κ3) is 2.22. The molecule has 0 bridgehead atoms. The summed E-state index contributed by atoms with van der Waals surface area (Å²) in [5, 5.41) is 9.89. The molecule has 1 fully saturated rings. The van der Waals surface area contributed by atoms with E-state index in [1.807, 2.05) is 6.07 Å². The summed E-state index contributed by atoms with van der Waals surface area (Å²) in [4.78, 5) is 12.0. The quantitative estimate of drug-likeness (QED) is 0.899. The zero-order chi connectivity index (χ0) is 15.0. The first-order chi connectivity index (χ1) is 10.1. The van der Waals surface area contributed by atoms with Crippen molar-refractivity contribution in [3.63, 3.8) is 0 Å². The molecule has 0 radical (unpaired) electrons. The van der Waals surface area contributed by atoms with Crippen molar-refractivity contribution in [2.45, 2.75) is 43.9 Å². The van der Waals surface area contributed by atoms with Crippen LogP contribution in [0.3, 0.4) is 0 Å². The molecule has 0 spiro atoms. The lowest BCUT2D eigenvalue weighted by atomic mass is 9.69. The molecular weight excluding hydrogens is 336 g/mol. The summed E-state index contributed by atoms with van der Waals surface area (Å²) in [6, 6.07) is 1.85. The van der Waals surface area contributed by atoms with E-state index in [9.17, 15) is 9.90 Å². The van der Waals surface area contributed by atoms with Crippen molar-refractivity contribution in [2.24, 2.45) is 0 Å². The van der Waals surface area contributed by atoms with Crippen LogP contribution in [0.25, 0.3) is 0 Å². The summed E-state index contributed by atoms with van der Waals surface area (Å²) in [5.74, 6) is 0.667. The molecule has 0 amide bonds. The molecule has 1 aliphatic carbocycles. The van der Waals surface area contributed by atoms with Crippen molar-refractivity contribution in [3.8, 4) is 11.5 Å². The number of aliphatic carboxylic acids is 1. The van der Waals surface area contributed by atoms with E-state index in [1.165, 1.54) is 0 Å². The minimum Gasteiger partial charge on any atom is -0.493 e. The molecule has 0 saturated heterocycles. The Hall–Kier alpha value is -1.23. The third-order valence-electron chi connectivity index (χ3n) is 4.73. The number of benzene rings is 1. The van der Waals surface area contributed by atoms with Gasteiger partial charge in [0, 0.05) is 16.5 Å². The second-order valence-corrected chi connectivity index (χ2v) is 6.59. The molecule has 1 aromatic rings. The highest BCUT2D eigenvalue weighted by Crippen LogP contribution is 2.49. The minimum atomic E-state index is -0.804. The Labute approximate surface area is 132 Å². The largest absolute Gasteiger partial charge is 0.493 e. The first-order valence-corrected chi connectivity index (χ1v) is 8.15. The van der Waals surface area contributed by atoms with E-state index in [4.69, 9.17) is 9.47 Å². The normalized spacial score (nSPS) is 19.7. The Morgan fingerprint density at radius 1 is 1.38 bits per heavy atom. The van der Waals surface area contributed by atoms with Crippen molar-refractivity contribution in [2.75, 3.05) is 13.7 Å². The van der Waals surface area contributed by atoms with Gasteiger partial charge in [0.15, 0.2) is 11.5 Å². The van der Waals surface area contributed by atoms with Crippen LogP contribution < -0.4 is 9.47 Å². The lowest BCUT2D eigenvalue weighted by Crippen LogP contribution is -2.38. The van der Waals surface area contributed by atoms with Crippen LogP contribution in [-0.4, -0.2) is 24.8 Å². The maximum Gasteiger partial charge on any atom is 0.314 e. The van der Waals surface area contributed by atoms with E-state index in [0.29, 0.717) is 25.2 Å². The fourth-order valence-corrected chi connectivity index (χ4v) is 4.43. The Kier molecular flexibility index (Phi) is 3.86. The van der Waals surface area contributed by atoms with Crippen molar-refractivity contribution in [3.05, 3.63) is 21.7 Å². The van der Waals surface area contributed by atoms with Crippen LogP contribution in [0.5, 0.6) is 11.5 Å². The topological polar surface area (TPSA) is 55.8 Å². The Bertz CT molecular complexity index is 576. The zero-order valence-electron chi connectivity index (χ0n) is 12.1. The van der Waals surface area contributed by atoms with E-state index in [0.717, 1.165) is 47.0 Å². The zero-order valence-corrected chi connectivity index (χ0v) is 13.7. The predicted octanol–water partition coefficient (Wildman–Crippen LogP) is 3.68. The molecule has 1 aliphatic heterocycles. The molecule has 5 heteroatoms. The van der Waals surface area contributed by atoms with Gasteiger partial charge in [-0.2, -0.15) is 0 Å². The summed E-state index contributed by atoms with van der Waals surface area (Å²) in [7, 11) is 1.60. The first kappa shape index (κ1) is 14.7. The predicted molar refractivity (Wildman–Crippen MR) is 82.3 cm³/mol. The van der Waals surface area contributed by atoms with Crippen LogP contribution in [0.15, 0.2) is 10.5 Å². The minimum absolute atomic E-state index is 0.619. The van der Waals surface area contributed by atoms with Gasteiger partial charge in [-0.05, 0) is 24.5 Å².